The van der Waals surface area contributed by atoms with Crippen LogP contribution in [0.15, 0.2) is 24.3 Å². The van der Waals surface area contributed by atoms with Crippen LogP contribution in [0.3, 0.4) is 0 Å². The highest BCUT2D eigenvalue weighted by atomic mass is 32.2. The van der Waals surface area contributed by atoms with Crippen molar-refractivity contribution in [3.63, 3.8) is 0 Å². The first-order valence-corrected chi connectivity index (χ1v) is 9.03. The van der Waals surface area contributed by atoms with E-state index in [0.29, 0.717) is 12.1 Å². The van der Waals surface area contributed by atoms with E-state index in [-0.39, 0.29) is 23.8 Å². The molecule has 126 valence electrons. The van der Waals surface area contributed by atoms with Crippen LogP contribution in [0, 0.1) is 11.7 Å². The Kier molecular flexibility index (Phi) is 5.35. The number of rotatable bonds is 5. The van der Waals surface area contributed by atoms with E-state index in [1.807, 2.05) is 0 Å². The van der Waals surface area contributed by atoms with Crippen LogP contribution in [0.25, 0.3) is 0 Å². The first kappa shape index (κ1) is 17.4. The third-order valence-electron chi connectivity index (χ3n) is 3.57. The monoisotopic (exact) mass is 343 g/mol. The van der Waals surface area contributed by atoms with Gasteiger partial charge < -0.3 is 10.1 Å². The molecule has 1 amide bonds. The summed E-state index contributed by atoms with van der Waals surface area (Å²) in [4.78, 5) is 23.7. The molecule has 1 heterocycles. The molecule has 1 fully saturated rings. The number of esters is 1. The normalized spacial score (nSPS) is 20.7. The van der Waals surface area contributed by atoms with Crippen molar-refractivity contribution < 1.29 is 27.1 Å². The summed E-state index contributed by atoms with van der Waals surface area (Å²) in [6, 6.07) is 5.19. The van der Waals surface area contributed by atoms with Crippen LogP contribution in [-0.4, -0.2) is 37.9 Å². The van der Waals surface area contributed by atoms with Crippen molar-refractivity contribution in [2.45, 2.75) is 25.9 Å². The molecule has 2 atom stereocenters. The Hall–Kier alpha value is -1.96. The average Bonchev–Trinajstić information content (AvgIpc) is 2.80. The topological polar surface area (TPSA) is 89.5 Å². The van der Waals surface area contributed by atoms with Crippen molar-refractivity contribution in [2.24, 2.45) is 5.92 Å². The number of carbonyl (C=O) groups is 2. The molecule has 6 nitrogen and oxygen atoms in total. The number of nitrogens with one attached hydrogen (secondary N) is 1. The smallest absolute Gasteiger partial charge is 0.306 e. The molecule has 0 aromatic heterocycles. The van der Waals surface area contributed by atoms with E-state index in [2.05, 4.69) is 5.32 Å². The highest BCUT2D eigenvalue weighted by Crippen LogP contribution is 2.22. The van der Waals surface area contributed by atoms with Crippen LogP contribution < -0.4 is 5.32 Å². The molecule has 0 saturated carbocycles. The first-order valence-electron chi connectivity index (χ1n) is 7.21. The van der Waals surface area contributed by atoms with E-state index in [0.717, 1.165) is 0 Å². The van der Waals surface area contributed by atoms with Crippen LogP contribution in [0.1, 0.15) is 19.8 Å². The van der Waals surface area contributed by atoms with Gasteiger partial charge in [-0.3, -0.25) is 9.59 Å². The highest BCUT2D eigenvalue weighted by Gasteiger charge is 2.30. The lowest BCUT2D eigenvalue weighted by atomic mass is 10.1. The van der Waals surface area contributed by atoms with Crippen LogP contribution in [0.5, 0.6) is 0 Å². The molecule has 1 saturated heterocycles. The summed E-state index contributed by atoms with van der Waals surface area (Å²) >= 11 is 0. The molecule has 8 heteroatoms. The van der Waals surface area contributed by atoms with Gasteiger partial charge in [0.15, 0.2) is 15.9 Å². The van der Waals surface area contributed by atoms with E-state index >= 15 is 0 Å². The van der Waals surface area contributed by atoms with Crippen molar-refractivity contribution in [2.75, 3.05) is 16.8 Å². The van der Waals surface area contributed by atoms with Gasteiger partial charge in [0, 0.05) is 12.1 Å². The van der Waals surface area contributed by atoms with E-state index in [1.54, 1.807) is 0 Å². The molecule has 1 N–H and O–H groups in total. The SMILES string of the molecule is CC(OC(=O)CC1CCS(=O)(=O)C1)C(=O)Nc1ccc(F)cc1. The van der Waals surface area contributed by atoms with E-state index in [1.165, 1.54) is 31.2 Å². The average molecular weight is 343 g/mol. The van der Waals surface area contributed by atoms with Crippen molar-refractivity contribution in [1.82, 2.24) is 0 Å². The molecule has 1 aliphatic rings. The molecule has 23 heavy (non-hydrogen) atoms. The number of amides is 1. The molecule has 2 unspecified atom stereocenters. The summed E-state index contributed by atoms with van der Waals surface area (Å²) in [7, 11) is -3.05. The van der Waals surface area contributed by atoms with Gasteiger partial charge in [-0.25, -0.2) is 12.8 Å². The van der Waals surface area contributed by atoms with E-state index in [9.17, 15) is 22.4 Å². The van der Waals surface area contributed by atoms with E-state index in [4.69, 9.17) is 4.74 Å². The predicted molar refractivity (Wildman–Crippen MR) is 82.0 cm³/mol. The summed E-state index contributed by atoms with van der Waals surface area (Å²) in [5, 5.41) is 2.50. The number of carbonyl (C=O) groups excluding carboxylic acids is 2. The number of hydrogen-bond acceptors (Lipinski definition) is 5. The Morgan fingerprint density at radius 3 is 2.57 bits per heavy atom. The van der Waals surface area contributed by atoms with Gasteiger partial charge in [-0.1, -0.05) is 0 Å². The predicted octanol–water partition coefficient (Wildman–Crippen LogP) is 1.52. The number of ether oxygens (including phenoxy) is 1. The standard InChI is InChI=1S/C15H18FNO5S/c1-10(15(19)17-13-4-2-12(16)3-5-13)22-14(18)8-11-6-7-23(20,21)9-11/h2-5,10-11H,6-9H2,1H3,(H,17,19). The van der Waals surface area contributed by atoms with Crippen molar-refractivity contribution in [3.8, 4) is 0 Å². The highest BCUT2D eigenvalue weighted by molar-refractivity contribution is 7.91. The Bertz CT molecular complexity index is 686. The van der Waals surface area contributed by atoms with Gasteiger partial charge >= 0.3 is 5.97 Å². The fourth-order valence-corrected chi connectivity index (χ4v) is 4.21. The third-order valence-corrected chi connectivity index (χ3v) is 5.41. The fourth-order valence-electron chi connectivity index (χ4n) is 2.34. The van der Waals surface area contributed by atoms with E-state index < -0.39 is 33.6 Å². The van der Waals surface area contributed by atoms with Gasteiger partial charge in [0.1, 0.15) is 5.82 Å². The zero-order valence-corrected chi connectivity index (χ0v) is 13.4. The van der Waals surface area contributed by atoms with Gasteiger partial charge in [0.2, 0.25) is 0 Å². The molecule has 2 rings (SSSR count). The molecule has 0 radical (unpaired) electrons. The number of sulfone groups is 1. The third kappa shape index (κ3) is 5.31. The molecular weight excluding hydrogens is 325 g/mol. The Morgan fingerprint density at radius 1 is 1.35 bits per heavy atom. The lowest BCUT2D eigenvalue weighted by molar-refractivity contribution is -0.153. The summed E-state index contributed by atoms with van der Waals surface area (Å²) in [5.74, 6) is -1.74. The number of halogens is 1. The van der Waals surface area contributed by atoms with Gasteiger partial charge in [-0.05, 0) is 43.5 Å². The summed E-state index contributed by atoms with van der Waals surface area (Å²) in [6.07, 6.45) is -0.605. The summed E-state index contributed by atoms with van der Waals surface area (Å²) < 4.78 is 40.5. The van der Waals surface area contributed by atoms with Crippen molar-refractivity contribution >= 4 is 27.4 Å². The van der Waals surface area contributed by atoms with Crippen molar-refractivity contribution in [1.29, 1.82) is 0 Å². The first-order chi connectivity index (χ1) is 10.7. The zero-order valence-electron chi connectivity index (χ0n) is 12.6. The van der Waals surface area contributed by atoms with Crippen molar-refractivity contribution in [3.05, 3.63) is 30.1 Å². The molecule has 1 aromatic carbocycles. The van der Waals surface area contributed by atoms with Crippen LogP contribution in [-0.2, 0) is 24.2 Å². The maximum absolute atomic E-state index is 12.8. The molecule has 0 aliphatic carbocycles. The Labute approximate surface area is 133 Å². The minimum Gasteiger partial charge on any atom is -0.453 e. The van der Waals surface area contributed by atoms with Crippen LogP contribution in [0.4, 0.5) is 10.1 Å². The second kappa shape index (κ2) is 7.08. The second-order valence-corrected chi connectivity index (χ2v) is 7.83. The van der Waals surface area contributed by atoms with Crippen LogP contribution >= 0.6 is 0 Å². The number of benzene rings is 1. The largest absolute Gasteiger partial charge is 0.453 e. The second-order valence-electron chi connectivity index (χ2n) is 5.60. The summed E-state index contributed by atoms with van der Waals surface area (Å²) in [5.41, 5.74) is 0.390. The van der Waals surface area contributed by atoms with Gasteiger partial charge in [0.25, 0.3) is 5.91 Å². The van der Waals surface area contributed by atoms with Gasteiger partial charge in [0.05, 0.1) is 11.5 Å². The Balaban J connectivity index is 1.81. The Morgan fingerprint density at radius 2 is 2.00 bits per heavy atom. The minimum absolute atomic E-state index is 0.0156. The zero-order chi connectivity index (χ0) is 17.0. The number of hydrogen-bond donors (Lipinski definition) is 1. The van der Waals surface area contributed by atoms with Gasteiger partial charge in [-0.2, -0.15) is 0 Å². The molecular formula is C15H18FNO5S. The quantitative estimate of drug-likeness (QED) is 0.819. The number of anilines is 1. The fraction of sp³-hybridized carbons (Fsp3) is 0.467. The maximum Gasteiger partial charge on any atom is 0.306 e. The lowest BCUT2D eigenvalue weighted by Crippen LogP contribution is -2.30. The summed E-state index contributed by atoms with van der Waals surface area (Å²) in [6.45, 7) is 1.42. The molecule has 0 bridgehead atoms. The van der Waals surface area contributed by atoms with Gasteiger partial charge in [-0.15, -0.1) is 0 Å². The molecule has 1 aliphatic heterocycles. The molecule has 1 aromatic rings. The maximum atomic E-state index is 12.8. The molecule has 0 spiro atoms. The minimum atomic E-state index is -3.05. The lowest BCUT2D eigenvalue weighted by Gasteiger charge is -2.14. The van der Waals surface area contributed by atoms with Crippen LogP contribution in [0.2, 0.25) is 0 Å².